The van der Waals surface area contributed by atoms with E-state index in [4.69, 9.17) is 0 Å². The zero-order valence-corrected chi connectivity index (χ0v) is 18.8. The summed E-state index contributed by atoms with van der Waals surface area (Å²) < 4.78 is 0. The Morgan fingerprint density at radius 2 is 1.81 bits per heavy atom. The van der Waals surface area contributed by atoms with E-state index >= 15 is 0 Å². The van der Waals surface area contributed by atoms with Crippen LogP contribution in [0.5, 0.6) is 0 Å². The second-order valence-corrected chi connectivity index (χ2v) is 9.50. The fourth-order valence-corrected chi connectivity index (χ4v) is 4.96. The number of aromatic amines is 1. The lowest BCUT2D eigenvalue weighted by molar-refractivity contribution is -0.142. The lowest BCUT2D eigenvalue weighted by Gasteiger charge is -2.37. The van der Waals surface area contributed by atoms with Crippen molar-refractivity contribution in [3.8, 4) is 0 Å². The minimum Gasteiger partial charge on any atom is -0.327 e. The number of anilines is 1. The van der Waals surface area contributed by atoms with Crippen LogP contribution in [0.25, 0.3) is 10.8 Å². The summed E-state index contributed by atoms with van der Waals surface area (Å²) in [6, 6.07) is 13.6. The minimum absolute atomic E-state index is 0.0538. The fourth-order valence-electron chi connectivity index (χ4n) is 4.96. The first-order chi connectivity index (χ1) is 15.3. The van der Waals surface area contributed by atoms with E-state index in [0.717, 1.165) is 48.0 Å². The number of hydrogen-bond donors (Lipinski definition) is 2. The van der Waals surface area contributed by atoms with Crippen LogP contribution in [0.15, 0.2) is 42.5 Å². The number of hydrogen-bond acceptors (Lipinski definition) is 4. The van der Waals surface area contributed by atoms with E-state index in [1.165, 1.54) is 0 Å². The van der Waals surface area contributed by atoms with E-state index in [1.807, 2.05) is 61.2 Å². The van der Waals surface area contributed by atoms with Crippen LogP contribution >= 0.6 is 0 Å². The molecule has 3 aromatic rings. The van der Waals surface area contributed by atoms with E-state index in [2.05, 4.69) is 27.5 Å². The maximum Gasteiger partial charge on any atom is 0.256 e. The minimum atomic E-state index is -0.491. The molecular formula is C25H29N5O2. The van der Waals surface area contributed by atoms with Gasteiger partial charge in [0, 0.05) is 17.0 Å². The van der Waals surface area contributed by atoms with Gasteiger partial charge in [-0.05, 0) is 69.7 Å². The molecule has 0 spiro atoms. The number of piperidine rings is 1. The highest BCUT2D eigenvalue weighted by atomic mass is 16.2. The van der Waals surface area contributed by atoms with Crippen molar-refractivity contribution < 1.29 is 9.59 Å². The number of fused-ring (bicyclic) bond motifs is 2. The Kier molecular flexibility index (Phi) is 5.01. The van der Waals surface area contributed by atoms with Crippen LogP contribution in [0.4, 0.5) is 5.82 Å². The van der Waals surface area contributed by atoms with Crippen LogP contribution in [-0.4, -0.2) is 51.9 Å². The Morgan fingerprint density at radius 3 is 2.56 bits per heavy atom. The summed E-state index contributed by atoms with van der Waals surface area (Å²) in [5, 5.41) is 12.5. The lowest BCUT2D eigenvalue weighted by Crippen LogP contribution is -2.46. The third-order valence-corrected chi connectivity index (χ3v) is 7.05. The van der Waals surface area contributed by atoms with Gasteiger partial charge in [-0.3, -0.25) is 14.7 Å². The summed E-state index contributed by atoms with van der Waals surface area (Å²) >= 11 is 0. The van der Waals surface area contributed by atoms with Gasteiger partial charge in [0.2, 0.25) is 5.91 Å². The second-order valence-electron chi connectivity index (χ2n) is 9.50. The van der Waals surface area contributed by atoms with Crippen LogP contribution in [0.3, 0.4) is 0 Å². The van der Waals surface area contributed by atoms with Gasteiger partial charge in [0.25, 0.3) is 5.91 Å². The Labute approximate surface area is 187 Å². The summed E-state index contributed by atoms with van der Waals surface area (Å²) in [5.41, 5.74) is 1.88. The highest BCUT2D eigenvalue weighted by Crippen LogP contribution is 2.42. The van der Waals surface area contributed by atoms with E-state index in [0.29, 0.717) is 17.9 Å². The van der Waals surface area contributed by atoms with Gasteiger partial charge in [0.1, 0.15) is 0 Å². The number of benzene rings is 2. The normalized spacial score (nSPS) is 18.7. The fraction of sp³-hybridized carbons (Fsp3) is 0.400. The Hall–Kier alpha value is -3.19. The average Bonchev–Trinajstić information content (AvgIpc) is 3.31. The predicted molar refractivity (Wildman–Crippen MR) is 124 cm³/mol. The molecule has 3 heterocycles. The molecule has 1 saturated heterocycles. The summed E-state index contributed by atoms with van der Waals surface area (Å²) in [7, 11) is 2.10. The SMILES string of the molecule is CN1CCC(C(=O)N2Cc3c(NC(=O)c4ccc5ccccc5c4)n[nH]c3C2(C)C)CC1. The summed E-state index contributed by atoms with van der Waals surface area (Å²) in [4.78, 5) is 30.5. The molecular weight excluding hydrogens is 402 g/mol. The first-order valence-corrected chi connectivity index (χ1v) is 11.2. The lowest BCUT2D eigenvalue weighted by atomic mass is 9.93. The molecule has 2 aliphatic heterocycles. The molecule has 166 valence electrons. The van der Waals surface area contributed by atoms with E-state index in [1.54, 1.807) is 0 Å². The van der Waals surface area contributed by atoms with E-state index < -0.39 is 5.54 Å². The molecule has 5 rings (SSSR count). The summed E-state index contributed by atoms with van der Waals surface area (Å²) in [6.07, 6.45) is 1.78. The number of nitrogens with zero attached hydrogens (tertiary/aromatic N) is 3. The van der Waals surface area contributed by atoms with Crippen molar-refractivity contribution in [2.75, 3.05) is 25.5 Å². The molecule has 0 radical (unpaired) electrons. The zero-order valence-electron chi connectivity index (χ0n) is 18.8. The third kappa shape index (κ3) is 3.46. The topological polar surface area (TPSA) is 81.3 Å². The van der Waals surface area contributed by atoms with Crippen LogP contribution in [0, 0.1) is 5.92 Å². The highest BCUT2D eigenvalue weighted by Gasteiger charge is 2.45. The molecule has 0 unspecified atom stereocenters. The predicted octanol–water partition coefficient (Wildman–Crippen LogP) is 3.73. The van der Waals surface area contributed by atoms with Gasteiger partial charge in [-0.15, -0.1) is 0 Å². The largest absolute Gasteiger partial charge is 0.327 e. The number of H-pyrrole nitrogens is 1. The smallest absolute Gasteiger partial charge is 0.256 e. The molecule has 0 aliphatic carbocycles. The third-order valence-electron chi connectivity index (χ3n) is 7.05. The van der Waals surface area contributed by atoms with Crippen molar-refractivity contribution in [1.82, 2.24) is 20.0 Å². The molecule has 2 aliphatic rings. The number of likely N-dealkylation sites (tertiary alicyclic amines) is 1. The van der Waals surface area contributed by atoms with Crippen molar-refractivity contribution in [3.05, 3.63) is 59.3 Å². The molecule has 1 fully saturated rings. The van der Waals surface area contributed by atoms with E-state index in [-0.39, 0.29) is 17.7 Å². The number of carbonyl (C=O) groups is 2. The van der Waals surface area contributed by atoms with Crippen molar-refractivity contribution in [2.24, 2.45) is 5.92 Å². The quantitative estimate of drug-likeness (QED) is 0.662. The molecule has 2 aromatic carbocycles. The molecule has 32 heavy (non-hydrogen) atoms. The van der Waals surface area contributed by atoms with Crippen LogP contribution in [0.1, 0.15) is 48.3 Å². The molecule has 0 saturated carbocycles. The Bertz CT molecular complexity index is 1190. The highest BCUT2D eigenvalue weighted by molar-refractivity contribution is 6.06. The molecule has 2 N–H and O–H groups in total. The van der Waals surface area contributed by atoms with Crippen molar-refractivity contribution in [2.45, 2.75) is 38.8 Å². The second kappa shape index (κ2) is 7.74. The maximum atomic E-state index is 13.4. The number of aromatic nitrogens is 2. The molecule has 2 amide bonds. The van der Waals surface area contributed by atoms with Gasteiger partial charge in [0.15, 0.2) is 5.82 Å². The number of amides is 2. The Morgan fingerprint density at radius 1 is 1.09 bits per heavy atom. The molecule has 7 nitrogen and oxygen atoms in total. The zero-order chi connectivity index (χ0) is 22.5. The van der Waals surface area contributed by atoms with Crippen molar-refractivity contribution in [1.29, 1.82) is 0 Å². The maximum absolute atomic E-state index is 13.4. The first-order valence-electron chi connectivity index (χ1n) is 11.2. The first kappa shape index (κ1) is 20.7. The van der Waals surface area contributed by atoms with Crippen LogP contribution in [0.2, 0.25) is 0 Å². The van der Waals surface area contributed by atoms with Crippen molar-refractivity contribution >= 4 is 28.4 Å². The number of rotatable bonds is 3. The number of nitrogens with one attached hydrogen (secondary N) is 2. The summed E-state index contributed by atoms with van der Waals surface area (Å²) in [6.45, 7) is 6.43. The van der Waals surface area contributed by atoms with Crippen molar-refractivity contribution in [3.63, 3.8) is 0 Å². The van der Waals surface area contributed by atoms with E-state index in [9.17, 15) is 9.59 Å². The molecule has 0 bridgehead atoms. The number of carbonyl (C=O) groups excluding carboxylic acids is 2. The van der Waals surface area contributed by atoms with Gasteiger partial charge in [-0.25, -0.2) is 0 Å². The summed E-state index contributed by atoms with van der Waals surface area (Å²) in [5.74, 6) is 0.547. The van der Waals surface area contributed by atoms with Gasteiger partial charge < -0.3 is 15.1 Å². The van der Waals surface area contributed by atoms with Gasteiger partial charge in [-0.2, -0.15) is 5.10 Å². The molecule has 1 aromatic heterocycles. The molecule has 0 atom stereocenters. The standard InChI is InChI=1S/C25H29N5O2/c1-25(2)21-20(15-30(25)24(32)17-10-12-29(3)13-11-17)22(28-27-21)26-23(31)19-9-8-16-6-4-5-7-18(16)14-19/h4-9,14,17H,10-13,15H2,1-3H3,(H2,26,27,28,31). The average molecular weight is 432 g/mol. The Balaban J connectivity index is 1.36. The van der Waals surface area contributed by atoms with Gasteiger partial charge in [0.05, 0.1) is 17.8 Å². The van der Waals surface area contributed by atoms with Crippen LogP contribution < -0.4 is 5.32 Å². The molecule has 7 heteroatoms. The monoisotopic (exact) mass is 431 g/mol. The van der Waals surface area contributed by atoms with Crippen LogP contribution in [-0.2, 0) is 16.9 Å². The van der Waals surface area contributed by atoms with Gasteiger partial charge >= 0.3 is 0 Å². The van der Waals surface area contributed by atoms with Gasteiger partial charge in [-0.1, -0.05) is 30.3 Å².